The first-order valence-corrected chi connectivity index (χ1v) is 11.7. The van der Waals surface area contributed by atoms with Crippen LogP contribution in [0.15, 0.2) is 34.3 Å². The number of benzene rings is 1. The molecular weight excluding hydrogens is 474 g/mol. The maximum absolute atomic E-state index is 14.0. The Hall–Kier alpha value is -3.76. The number of aromatic nitrogens is 1. The zero-order valence-electron chi connectivity index (χ0n) is 20.1. The number of nitrogens with one attached hydrogen (secondary N) is 1. The Morgan fingerprint density at radius 1 is 1.33 bits per heavy atom. The minimum atomic E-state index is -1.02. The lowest BCUT2D eigenvalue weighted by Gasteiger charge is -2.49. The predicted molar refractivity (Wildman–Crippen MR) is 125 cm³/mol. The van der Waals surface area contributed by atoms with Gasteiger partial charge in [-0.05, 0) is 39.7 Å². The third-order valence-electron chi connectivity index (χ3n) is 7.75. The van der Waals surface area contributed by atoms with Gasteiger partial charge in [-0.15, -0.1) is 0 Å². The number of carbonyl (C=O) groups is 2. The molecule has 9 nitrogen and oxygen atoms in total. The zero-order valence-corrected chi connectivity index (χ0v) is 20.1. The minimum absolute atomic E-state index is 0.0218. The van der Waals surface area contributed by atoms with Gasteiger partial charge in [0.05, 0.1) is 5.71 Å². The van der Waals surface area contributed by atoms with Crippen LogP contribution in [0.5, 0.6) is 5.75 Å². The number of carbonyl (C=O) groups excluding carboxylic acids is 2. The van der Waals surface area contributed by atoms with Crippen LogP contribution in [0.25, 0.3) is 0 Å². The molecule has 2 aromatic rings. The Kier molecular flexibility index (Phi) is 5.42. The van der Waals surface area contributed by atoms with E-state index in [1.165, 1.54) is 16.8 Å². The number of pyridine rings is 1. The molecule has 1 aromatic heterocycles. The number of amides is 2. The van der Waals surface area contributed by atoms with Gasteiger partial charge in [-0.3, -0.25) is 14.4 Å². The lowest BCUT2D eigenvalue weighted by atomic mass is 9.74. The van der Waals surface area contributed by atoms with Crippen LogP contribution in [0, 0.1) is 11.6 Å². The molecule has 2 amide bonds. The Labute approximate surface area is 205 Å². The molecule has 0 unspecified atom stereocenters. The molecule has 1 spiro atoms. The van der Waals surface area contributed by atoms with Crippen molar-refractivity contribution in [2.24, 2.45) is 5.16 Å². The lowest BCUT2D eigenvalue weighted by Crippen LogP contribution is -2.63. The second-order valence-electron chi connectivity index (χ2n) is 10.0. The Balaban J connectivity index is 1.59. The average Bonchev–Trinajstić information content (AvgIpc) is 3.19. The average molecular weight is 501 g/mol. The van der Waals surface area contributed by atoms with Gasteiger partial charge in [0.2, 0.25) is 5.43 Å². The van der Waals surface area contributed by atoms with Gasteiger partial charge >= 0.3 is 0 Å². The van der Waals surface area contributed by atoms with Crippen molar-refractivity contribution in [1.29, 1.82) is 0 Å². The number of halogens is 2. The quantitative estimate of drug-likeness (QED) is 0.673. The minimum Gasteiger partial charge on any atom is -0.503 e. The molecule has 3 aliphatic heterocycles. The highest BCUT2D eigenvalue weighted by Gasteiger charge is 2.61. The summed E-state index contributed by atoms with van der Waals surface area (Å²) >= 11 is 0. The van der Waals surface area contributed by atoms with Gasteiger partial charge in [-0.1, -0.05) is 11.2 Å². The molecule has 5 rings (SSSR count). The van der Waals surface area contributed by atoms with E-state index in [2.05, 4.69) is 10.5 Å². The number of hydrogen-bond donors (Lipinski definition) is 2. The van der Waals surface area contributed by atoms with E-state index in [4.69, 9.17) is 4.84 Å². The van der Waals surface area contributed by atoms with E-state index in [1.807, 2.05) is 20.8 Å². The topological polar surface area (TPSA) is 113 Å². The largest absolute Gasteiger partial charge is 0.503 e. The summed E-state index contributed by atoms with van der Waals surface area (Å²) in [5.41, 5.74) is -2.67. The van der Waals surface area contributed by atoms with Crippen molar-refractivity contribution >= 4 is 17.5 Å². The van der Waals surface area contributed by atoms with Crippen LogP contribution in [0.3, 0.4) is 0 Å². The first-order chi connectivity index (χ1) is 17.0. The number of aromatic hydroxyl groups is 1. The van der Waals surface area contributed by atoms with E-state index in [1.54, 1.807) is 4.90 Å². The van der Waals surface area contributed by atoms with E-state index >= 15 is 0 Å². The fraction of sp³-hybridized carbons (Fsp3) is 0.440. The van der Waals surface area contributed by atoms with Crippen LogP contribution in [0.1, 0.15) is 66.4 Å². The molecule has 3 atom stereocenters. The summed E-state index contributed by atoms with van der Waals surface area (Å²) < 4.78 is 28.7. The number of fused-ring (bicyclic) bond motifs is 5. The smallest absolute Gasteiger partial charge is 0.274 e. The summed E-state index contributed by atoms with van der Waals surface area (Å²) in [6.45, 7) is 5.53. The van der Waals surface area contributed by atoms with Crippen molar-refractivity contribution in [3.63, 3.8) is 0 Å². The molecule has 11 heteroatoms. The highest BCUT2D eigenvalue weighted by atomic mass is 19.1. The second-order valence-corrected chi connectivity index (χ2v) is 10.0. The van der Waals surface area contributed by atoms with Crippen molar-refractivity contribution in [1.82, 2.24) is 14.8 Å². The van der Waals surface area contributed by atoms with Crippen molar-refractivity contribution in [2.45, 2.75) is 63.8 Å². The van der Waals surface area contributed by atoms with E-state index in [9.17, 15) is 28.3 Å². The van der Waals surface area contributed by atoms with E-state index < -0.39 is 51.3 Å². The monoisotopic (exact) mass is 500 g/mol. The predicted octanol–water partition coefficient (Wildman–Crippen LogP) is 2.65. The number of hydrogen-bond acceptors (Lipinski definition) is 6. The molecule has 36 heavy (non-hydrogen) atoms. The van der Waals surface area contributed by atoms with E-state index in [-0.39, 0.29) is 30.4 Å². The SMILES string of the molecule is CC1=NO[C@]2(CC[C@H](C)N3C[C@@]2(C)n2cc(C(=O)NCc4ccc(F)cc4F)c(=O)c(O)c2C3=O)C1. The fourth-order valence-corrected chi connectivity index (χ4v) is 5.56. The Morgan fingerprint density at radius 3 is 2.75 bits per heavy atom. The molecule has 0 aliphatic carbocycles. The van der Waals surface area contributed by atoms with Crippen LogP contribution in [0.2, 0.25) is 0 Å². The number of oxime groups is 1. The first-order valence-electron chi connectivity index (χ1n) is 11.7. The molecule has 0 radical (unpaired) electrons. The third-order valence-corrected chi connectivity index (χ3v) is 7.75. The van der Waals surface area contributed by atoms with Gasteiger partial charge in [-0.25, -0.2) is 8.78 Å². The van der Waals surface area contributed by atoms with Crippen LogP contribution in [0.4, 0.5) is 8.78 Å². The highest BCUT2D eigenvalue weighted by molar-refractivity contribution is 5.99. The summed E-state index contributed by atoms with van der Waals surface area (Å²) in [5, 5.41) is 17.5. The molecule has 2 bridgehead atoms. The van der Waals surface area contributed by atoms with Crippen LogP contribution in [-0.4, -0.2) is 50.3 Å². The van der Waals surface area contributed by atoms with E-state index in [0.717, 1.165) is 11.8 Å². The van der Waals surface area contributed by atoms with Crippen molar-refractivity contribution in [3.05, 3.63) is 63.1 Å². The van der Waals surface area contributed by atoms with Crippen molar-refractivity contribution in [2.75, 3.05) is 6.54 Å². The fourth-order valence-electron chi connectivity index (χ4n) is 5.56. The molecule has 0 saturated carbocycles. The summed E-state index contributed by atoms with van der Waals surface area (Å²) in [6, 6.07) is 2.77. The summed E-state index contributed by atoms with van der Waals surface area (Å²) in [7, 11) is 0. The maximum atomic E-state index is 14.0. The molecule has 1 aromatic carbocycles. The zero-order chi connectivity index (χ0) is 26.0. The standard InChI is InChI=1S/C25H26F2N4O5/c1-13-9-25(36-29-13)7-6-14(2)30-12-24(25,3)31-11-17(20(32)21(33)19(31)23(30)35)22(34)28-10-15-4-5-16(26)8-18(15)27/h4-5,8,11,14,33H,6-7,9-10,12H2,1-3H3,(H,28,34)/t14-,24+,25+/m0/s1. The van der Waals surface area contributed by atoms with Crippen molar-refractivity contribution < 1.29 is 28.3 Å². The van der Waals surface area contributed by atoms with Crippen molar-refractivity contribution in [3.8, 4) is 5.75 Å². The van der Waals surface area contributed by atoms with Crippen LogP contribution < -0.4 is 10.7 Å². The van der Waals surface area contributed by atoms with Gasteiger partial charge in [0.1, 0.15) is 22.7 Å². The molecule has 2 N–H and O–H groups in total. The first kappa shape index (κ1) is 24.0. The second kappa shape index (κ2) is 8.14. The van der Waals surface area contributed by atoms with Gasteiger partial charge in [-0.2, -0.15) is 0 Å². The maximum Gasteiger partial charge on any atom is 0.274 e. The van der Waals surface area contributed by atoms with Gasteiger partial charge in [0, 0.05) is 43.4 Å². The Bertz CT molecular complexity index is 1390. The van der Waals surface area contributed by atoms with E-state index in [0.29, 0.717) is 25.3 Å². The molecule has 190 valence electrons. The van der Waals surface area contributed by atoms with Crippen LogP contribution in [-0.2, 0) is 16.9 Å². The molecular formula is C25H26F2N4O5. The number of rotatable bonds is 3. The third kappa shape index (κ3) is 3.40. The summed E-state index contributed by atoms with van der Waals surface area (Å²) in [5.74, 6) is -3.82. The molecule has 4 heterocycles. The summed E-state index contributed by atoms with van der Waals surface area (Å²) in [4.78, 5) is 47.1. The van der Waals surface area contributed by atoms with Gasteiger partial charge in [0.25, 0.3) is 11.8 Å². The number of nitrogens with zero attached hydrogens (tertiary/aromatic N) is 3. The van der Waals surface area contributed by atoms with Gasteiger partial charge in [0.15, 0.2) is 17.0 Å². The van der Waals surface area contributed by atoms with Crippen LogP contribution >= 0.6 is 0 Å². The lowest BCUT2D eigenvalue weighted by molar-refractivity contribution is -0.110. The highest BCUT2D eigenvalue weighted by Crippen LogP contribution is 2.49. The van der Waals surface area contributed by atoms with Gasteiger partial charge < -0.3 is 24.7 Å². The molecule has 1 fully saturated rings. The Morgan fingerprint density at radius 2 is 2.08 bits per heavy atom. The molecule has 1 saturated heterocycles. The summed E-state index contributed by atoms with van der Waals surface area (Å²) in [6.07, 6.45) is 2.93. The molecule has 3 aliphatic rings. The normalized spacial score (nSPS) is 26.8.